The zero-order valence-electron chi connectivity index (χ0n) is 17.5. The fourth-order valence-corrected chi connectivity index (χ4v) is 4.19. The van der Waals surface area contributed by atoms with Crippen LogP contribution < -0.4 is 14.4 Å². The summed E-state index contributed by atoms with van der Waals surface area (Å²) < 4.78 is 11.4. The summed E-state index contributed by atoms with van der Waals surface area (Å²) in [6.07, 6.45) is 5.55. The summed E-state index contributed by atoms with van der Waals surface area (Å²) in [6, 6.07) is 3.82. The molecule has 1 aromatic heterocycles. The lowest BCUT2D eigenvalue weighted by molar-refractivity contribution is 0.190. The van der Waals surface area contributed by atoms with E-state index < -0.39 is 6.10 Å². The molecular weight excluding hydrogens is 404 g/mol. The molecule has 0 fully saturated rings. The highest BCUT2D eigenvalue weighted by Gasteiger charge is 2.35. The zero-order valence-corrected chi connectivity index (χ0v) is 18.2. The minimum absolute atomic E-state index is 0.0367. The number of ether oxygens (including phenoxy) is 2. The predicted molar refractivity (Wildman–Crippen MR) is 117 cm³/mol. The molecule has 8 heteroatoms. The number of benzene rings is 1. The average Bonchev–Trinajstić information content (AvgIpc) is 2.73. The van der Waals surface area contributed by atoms with Crippen LogP contribution in [0.4, 0.5) is 5.95 Å². The molecule has 0 spiro atoms. The van der Waals surface area contributed by atoms with Crippen molar-refractivity contribution in [3.05, 3.63) is 52.3 Å². The molecule has 1 aromatic carbocycles. The first-order valence-corrected chi connectivity index (χ1v) is 10.3. The minimum atomic E-state index is -0.500. The van der Waals surface area contributed by atoms with E-state index in [0.717, 1.165) is 11.1 Å². The quantitative estimate of drug-likeness (QED) is 0.581. The van der Waals surface area contributed by atoms with Crippen molar-refractivity contribution < 1.29 is 14.6 Å². The van der Waals surface area contributed by atoms with E-state index >= 15 is 0 Å². The first kappa shape index (κ1) is 20.6. The van der Waals surface area contributed by atoms with Crippen molar-refractivity contribution in [2.45, 2.75) is 31.4 Å². The summed E-state index contributed by atoms with van der Waals surface area (Å²) in [7, 11) is 5.34. The zero-order chi connectivity index (χ0) is 21.4. The Bertz CT molecular complexity index is 1020. The fraction of sp³-hybridized carbons (Fsp3) is 0.409. The summed E-state index contributed by atoms with van der Waals surface area (Å²) >= 11 is 6.55. The molecule has 3 atom stereocenters. The van der Waals surface area contributed by atoms with Gasteiger partial charge in [0, 0.05) is 31.8 Å². The van der Waals surface area contributed by atoms with E-state index in [1.807, 2.05) is 39.2 Å². The van der Waals surface area contributed by atoms with Gasteiger partial charge in [-0.25, -0.2) is 9.97 Å². The number of hydrogen-bond donors (Lipinski definition) is 1. The number of rotatable bonds is 5. The van der Waals surface area contributed by atoms with Crippen LogP contribution in [-0.2, 0) is 0 Å². The molecule has 2 aliphatic rings. The molecular formula is C22H25ClN4O3. The van der Waals surface area contributed by atoms with Crippen LogP contribution >= 0.6 is 11.6 Å². The molecule has 0 amide bonds. The third kappa shape index (κ3) is 3.63. The van der Waals surface area contributed by atoms with Crippen molar-refractivity contribution in [3.63, 3.8) is 0 Å². The number of anilines is 1. The molecule has 30 heavy (non-hydrogen) atoms. The molecule has 0 bridgehead atoms. The van der Waals surface area contributed by atoms with E-state index in [1.54, 1.807) is 24.3 Å². The van der Waals surface area contributed by atoms with Gasteiger partial charge in [-0.05, 0) is 31.0 Å². The van der Waals surface area contributed by atoms with Crippen molar-refractivity contribution in [1.82, 2.24) is 9.97 Å². The van der Waals surface area contributed by atoms with Gasteiger partial charge in [0.15, 0.2) is 11.5 Å². The smallest absolute Gasteiger partial charge is 0.226 e. The predicted octanol–water partition coefficient (Wildman–Crippen LogP) is 3.23. The van der Waals surface area contributed by atoms with Crippen molar-refractivity contribution in [2.24, 2.45) is 4.99 Å². The molecule has 2 heterocycles. The van der Waals surface area contributed by atoms with Crippen molar-refractivity contribution >= 4 is 23.3 Å². The molecule has 1 aliphatic heterocycles. The molecule has 2 aromatic rings. The topological polar surface area (TPSA) is 80.1 Å². The molecule has 0 radical (unpaired) electrons. The van der Waals surface area contributed by atoms with Crippen LogP contribution in [0.1, 0.15) is 36.0 Å². The number of hydrogen-bond acceptors (Lipinski definition) is 7. The number of fused-ring (bicyclic) bond motifs is 3. The van der Waals surface area contributed by atoms with Gasteiger partial charge in [-0.3, -0.25) is 4.99 Å². The molecule has 1 N–H and O–H groups in total. The van der Waals surface area contributed by atoms with Crippen LogP contribution in [0, 0.1) is 0 Å². The number of methoxy groups -OCH3 is 1. The van der Waals surface area contributed by atoms with E-state index in [1.165, 1.54) is 0 Å². The van der Waals surface area contributed by atoms with Crippen molar-refractivity contribution in [3.8, 4) is 11.5 Å². The maximum atomic E-state index is 10.2. The van der Waals surface area contributed by atoms with Crippen LogP contribution in [0.25, 0.3) is 0 Å². The van der Waals surface area contributed by atoms with Gasteiger partial charge in [0.25, 0.3) is 0 Å². The number of halogens is 1. The normalized spacial score (nSPS) is 22.1. The standard InChI is InChI=1S/C22H25ClN4O3/c1-5-30-19-9-13-14-8-12(28)6-7-17(14)25-20(15(13)10-18(19)29-4)16-11-24-22(27(2)3)26-21(16)23/h6-7,9-12,14,17,28H,5,8H2,1-4H3/t12-,14+,17+/m0/s1. The van der Waals surface area contributed by atoms with Gasteiger partial charge < -0.3 is 19.5 Å². The van der Waals surface area contributed by atoms with Crippen LogP contribution in [0.5, 0.6) is 11.5 Å². The third-order valence-electron chi connectivity index (χ3n) is 5.39. The highest BCUT2D eigenvalue weighted by molar-refractivity contribution is 6.34. The van der Waals surface area contributed by atoms with Gasteiger partial charge in [0.1, 0.15) is 5.15 Å². The third-order valence-corrected chi connectivity index (χ3v) is 5.68. The molecule has 0 unspecified atom stereocenters. The van der Waals surface area contributed by atoms with E-state index in [-0.39, 0.29) is 12.0 Å². The summed E-state index contributed by atoms with van der Waals surface area (Å²) in [5.74, 6) is 1.86. The Kier molecular flexibility index (Phi) is 5.66. The van der Waals surface area contributed by atoms with Gasteiger partial charge >= 0.3 is 0 Å². The highest BCUT2D eigenvalue weighted by atomic mass is 35.5. The fourth-order valence-electron chi connectivity index (χ4n) is 3.97. The Morgan fingerprint density at radius 2 is 2.00 bits per heavy atom. The summed E-state index contributed by atoms with van der Waals surface area (Å²) in [4.78, 5) is 15.6. The largest absolute Gasteiger partial charge is 0.493 e. The minimum Gasteiger partial charge on any atom is -0.493 e. The van der Waals surface area contributed by atoms with E-state index in [4.69, 9.17) is 26.1 Å². The maximum Gasteiger partial charge on any atom is 0.226 e. The van der Waals surface area contributed by atoms with E-state index in [9.17, 15) is 5.11 Å². The lowest BCUT2D eigenvalue weighted by atomic mass is 9.77. The average molecular weight is 429 g/mol. The lowest BCUT2D eigenvalue weighted by Crippen LogP contribution is -2.31. The second-order valence-corrected chi connectivity index (χ2v) is 7.91. The van der Waals surface area contributed by atoms with Crippen LogP contribution in [-0.4, -0.2) is 60.7 Å². The van der Waals surface area contributed by atoms with Gasteiger partial charge in [0.2, 0.25) is 5.95 Å². The number of aromatic nitrogens is 2. The first-order valence-electron chi connectivity index (χ1n) is 9.92. The summed E-state index contributed by atoms with van der Waals surface area (Å²) in [6.45, 7) is 2.46. The summed E-state index contributed by atoms with van der Waals surface area (Å²) in [5.41, 5.74) is 3.31. The number of aliphatic imine (C=N–C) groups is 1. The second kappa shape index (κ2) is 8.24. The molecule has 1 aliphatic carbocycles. The summed E-state index contributed by atoms with van der Waals surface area (Å²) in [5, 5.41) is 10.6. The Morgan fingerprint density at radius 3 is 2.67 bits per heavy atom. The van der Waals surface area contributed by atoms with Crippen LogP contribution in [0.2, 0.25) is 5.15 Å². The maximum absolute atomic E-state index is 10.2. The lowest BCUT2D eigenvalue weighted by Gasteiger charge is -2.34. The highest BCUT2D eigenvalue weighted by Crippen LogP contribution is 2.43. The Hall–Kier alpha value is -2.64. The number of aliphatic hydroxyl groups is 1. The second-order valence-electron chi connectivity index (χ2n) is 7.55. The molecule has 4 rings (SSSR count). The van der Waals surface area contributed by atoms with Gasteiger partial charge in [-0.15, -0.1) is 0 Å². The van der Waals surface area contributed by atoms with Crippen LogP contribution in [0.15, 0.2) is 35.5 Å². The van der Waals surface area contributed by atoms with Crippen LogP contribution in [0.3, 0.4) is 0 Å². The van der Waals surface area contributed by atoms with Gasteiger partial charge in [0.05, 0.1) is 37.1 Å². The monoisotopic (exact) mass is 428 g/mol. The Morgan fingerprint density at radius 1 is 1.20 bits per heavy atom. The van der Waals surface area contributed by atoms with Crippen molar-refractivity contribution in [1.29, 1.82) is 0 Å². The molecule has 0 saturated heterocycles. The van der Waals surface area contributed by atoms with E-state index in [0.29, 0.717) is 46.9 Å². The molecule has 158 valence electrons. The SMILES string of the molecule is CCOc1cc2c(cc1OC)C(c1cnc(N(C)C)nc1Cl)=N[C@@H]1C=C[C@H](O)C[C@H]21. The van der Waals surface area contributed by atoms with E-state index in [2.05, 4.69) is 9.97 Å². The van der Waals surface area contributed by atoms with Gasteiger partial charge in [-0.1, -0.05) is 23.8 Å². The van der Waals surface area contributed by atoms with Crippen molar-refractivity contribution in [2.75, 3.05) is 32.7 Å². The molecule has 0 saturated carbocycles. The Labute approximate surface area is 181 Å². The number of nitrogens with zero attached hydrogens (tertiary/aromatic N) is 4. The Balaban J connectivity index is 1.91. The molecule has 7 nitrogen and oxygen atoms in total. The number of aliphatic hydroxyl groups excluding tert-OH is 1. The first-order chi connectivity index (χ1) is 14.4. The van der Waals surface area contributed by atoms with Gasteiger partial charge in [-0.2, -0.15) is 0 Å².